The lowest BCUT2D eigenvalue weighted by molar-refractivity contribution is 0.241. The minimum Gasteiger partial charge on any atom is -0.491 e. The van der Waals surface area contributed by atoms with Crippen LogP contribution in [0.2, 0.25) is 0 Å². The second-order valence-corrected chi connectivity index (χ2v) is 4.52. The van der Waals surface area contributed by atoms with Gasteiger partial charge in [0.05, 0.1) is 6.10 Å². The zero-order valence-corrected chi connectivity index (χ0v) is 11.1. The van der Waals surface area contributed by atoms with Crippen LogP contribution in [-0.4, -0.2) is 12.6 Å². The molecular weight excluding hydrogens is 210 g/mol. The first-order valence-electron chi connectivity index (χ1n) is 6.27. The average molecular weight is 233 g/mol. The van der Waals surface area contributed by atoms with Gasteiger partial charge in [0.15, 0.2) is 0 Å². The summed E-state index contributed by atoms with van der Waals surface area (Å²) in [4.78, 5) is 0. The zero-order valence-electron chi connectivity index (χ0n) is 11.1. The number of unbranched alkanes of at least 4 members (excludes halogenated alkanes) is 1. The Morgan fingerprint density at radius 3 is 2.71 bits per heavy atom. The van der Waals surface area contributed by atoms with Gasteiger partial charge in [0.25, 0.3) is 0 Å². The van der Waals surface area contributed by atoms with Crippen molar-refractivity contribution in [2.45, 2.75) is 39.7 Å². The lowest BCUT2D eigenvalue weighted by Crippen LogP contribution is -2.06. The molecule has 1 rings (SSSR count). The zero-order chi connectivity index (χ0) is 12.7. The monoisotopic (exact) mass is 233 g/mol. The highest BCUT2D eigenvalue weighted by molar-refractivity contribution is 5.53. The number of hydrogen-bond donors (Lipinski definition) is 1. The molecule has 17 heavy (non-hydrogen) atoms. The molecule has 0 amide bonds. The summed E-state index contributed by atoms with van der Waals surface area (Å²) in [6.45, 7) is 6.92. The predicted molar refractivity (Wildman–Crippen MR) is 74.3 cm³/mol. The van der Waals surface area contributed by atoms with Gasteiger partial charge in [-0.2, -0.15) is 0 Å². The molecule has 0 aliphatic heterocycles. The van der Waals surface area contributed by atoms with Crippen LogP contribution in [0.3, 0.4) is 0 Å². The average Bonchev–Trinajstić information content (AvgIpc) is 2.27. The number of benzene rings is 1. The van der Waals surface area contributed by atoms with Gasteiger partial charge in [0.2, 0.25) is 0 Å². The van der Waals surface area contributed by atoms with Crippen molar-refractivity contribution in [1.29, 1.82) is 0 Å². The molecule has 0 radical (unpaired) electrons. The second kappa shape index (κ2) is 7.13. The van der Waals surface area contributed by atoms with E-state index >= 15 is 0 Å². The molecule has 94 valence electrons. The molecule has 1 aromatic rings. The number of nitrogens with two attached hydrogens (primary N) is 1. The summed E-state index contributed by atoms with van der Waals surface area (Å²) in [7, 11) is 0. The Hall–Kier alpha value is -1.28. The van der Waals surface area contributed by atoms with Crippen molar-refractivity contribution in [3.8, 4) is 5.75 Å². The summed E-state index contributed by atoms with van der Waals surface area (Å²) >= 11 is 0. The van der Waals surface area contributed by atoms with Gasteiger partial charge < -0.3 is 10.5 Å². The van der Waals surface area contributed by atoms with Gasteiger partial charge in [-0.1, -0.05) is 18.2 Å². The van der Waals surface area contributed by atoms with Crippen molar-refractivity contribution >= 4 is 6.08 Å². The van der Waals surface area contributed by atoms with E-state index in [1.807, 2.05) is 19.9 Å². The van der Waals surface area contributed by atoms with Gasteiger partial charge in [-0.25, -0.2) is 0 Å². The molecule has 0 unspecified atom stereocenters. The fourth-order valence-corrected chi connectivity index (χ4v) is 1.62. The van der Waals surface area contributed by atoms with Crippen molar-refractivity contribution in [2.75, 3.05) is 6.54 Å². The summed E-state index contributed by atoms with van der Waals surface area (Å²) in [5.74, 6) is 0.971. The van der Waals surface area contributed by atoms with Crippen LogP contribution in [0.15, 0.2) is 24.3 Å². The van der Waals surface area contributed by atoms with E-state index in [1.54, 1.807) is 0 Å². The SMILES string of the molecule is Cc1cc(/C=C/CCCN)ccc1OC(C)C. The molecule has 0 fully saturated rings. The van der Waals surface area contributed by atoms with Crippen LogP contribution < -0.4 is 10.5 Å². The number of hydrogen-bond acceptors (Lipinski definition) is 2. The standard InChI is InChI=1S/C15H23NO/c1-12(2)17-15-9-8-14(11-13(15)3)7-5-4-6-10-16/h5,7-9,11-12H,4,6,10,16H2,1-3H3/b7-5+. The van der Waals surface area contributed by atoms with Crippen LogP contribution in [0.5, 0.6) is 5.75 Å². The van der Waals surface area contributed by atoms with E-state index in [9.17, 15) is 0 Å². The van der Waals surface area contributed by atoms with Crippen molar-refractivity contribution in [3.05, 3.63) is 35.4 Å². The Morgan fingerprint density at radius 1 is 1.35 bits per heavy atom. The minimum absolute atomic E-state index is 0.222. The van der Waals surface area contributed by atoms with E-state index < -0.39 is 0 Å². The molecule has 0 saturated carbocycles. The first-order valence-corrected chi connectivity index (χ1v) is 6.27. The first-order chi connectivity index (χ1) is 8.13. The molecule has 2 nitrogen and oxygen atoms in total. The van der Waals surface area contributed by atoms with Crippen molar-refractivity contribution in [1.82, 2.24) is 0 Å². The molecule has 0 aromatic heterocycles. The third-order valence-electron chi connectivity index (χ3n) is 2.45. The summed E-state index contributed by atoms with van der Waals surface area (Å²) in [6, 6.07) is 6.28. The van der Waals surface area contributed by atoms with E-state index in [4.69, 9.17) is 10.5 Å². The van der Waals surface area contributed by atoms with Crippen LogP contribution in [0.4, 0.5) is 0 Å². The second-order valence-electron chi connectivity index (χ2n) is 4.52. The highest BCUT2D eigenvalue weighted by Crippen LogP contribution is 2.21. The molecule has 2 N–H and O–H groups in total. The van der Waals surface area contributed by atoms with Gasteiger partial charge in [0, 0.05) is 0 Å². The van der Waals surface area contributed by atoms with Crippen LogP contribution in [0.25, 0.3) is 6.08 Å². The lowest BCUT2D eigenvalue weighted by atomic mass is 10.1. The van der Waals surface area contributed by atoms with E-state index in [0.717, 1.165) is 25.1 Å². The summed E-state index contributed by atoms with van der Waals surface area (Å²) in [5, 5.41) is 0. The van der Waals surface area contributed by atoms with E-state index in [1.165, 1.54) is 11.1 Å². The first kappa shape index (κ1) is 13.8. The van der Waals surface area contributed by atoms with E-state index in [0.29, 0.717) is 0 Å². The molecule has 2 heteroatoms. The third-order valence-corrected chi connectivity index (χ3v) is 2.45. The summed E-state index contributed by atoms with van der Waals surface area (Å²) < 4.78 is 5.70. The Bertz CT molecular complexity index is 369. The minimum atomic E-state index is 0.222. The van der Waals surface area contributed by atoms with Crippen molar-refractivity contribution < 1.29 is 4.74 Å². The Kier molecular flexibility index (Phi) is 5.78. The van der Waals surface area contributed by atoms with Crippen molar-refractivity contribution in [3.63, 3.8) is 0 Å². The van der Waals surface area contributed by atoms with Gasteiger partial charge in [0.1, 0.15) is 5.75 Å². The molecule has 0 atom stereocenters. The molecule has 0 bridgehead atoms. The number of ether oxygens (including phenoxy) is 1. The smallest absolute Gasteiger partial charge is 0.122 e. The van der Waals surface area contributed by atoms with Crippen LogP contribution in [0.1, 0.15) is 37.8 Å². The third kappa shape index (κ3) is 5.05. The fraction of sp³-hybridized carbons (Fsp3) is 0.467. The highest BCUT2D eigenvalue weighted by Gasteiger charge is 2.01. The normalized spacial score (nSPS) is 11.4. The molecule has 1 aromatic carbocycles. The Balaban J connectivity index is 2.65. The highest BCUT2D eigenvalue weighted by atomic mass is 16.5. The fourth-order valence-electron chi connectivity index (χ4n) is 1.62. The number of rotatable bonds is 6. The summed E-state index contributed by atoms with van der Waals surface area (Å²) in [6.07, 6.45) is 6.62. The number of aryl methyl sites for hydroxylation is 1. The molecule has 0 spiro atoms. The van der Waals surface area contributed by atoms with Crippen LogP contribution in [-0.2, 0) is 0 Å². The summed E-state index contributed by atoms with van der Waals surface area (Å²) in [5.41, 5.74) is 7.85. The van der Waals surface area contributed by atoms with Crippen LogP contribution in [0, 0.1) is 6.92 Å². The molecule has 0 saturated heterocycles. The maximum atomic E-state index is 5.70. The largest absolute Gasteiger partial charge is 0.491 e. The van der Waals surface area contributed by atoms with Gasteiger partial charge >= 0.3 is 0 Å². The van der Waals surface area contributed by atoms with Gasteiger partial charge in [-0.05, 0) is 63.4 Å². The van der Waals surface area contributed by atoms with Crippen molar-refractivity contribution in [2.24, 2.45) is 5.73 Å². The maximum Gasteiger partial charge on any atom is 0.122 e. The van der Waals surface area contributed by atoms with Gasteiger partial charge in [-0.3, -0.25) is 0 Å². The molecule has 0 aliphatic carbocycles. The predicted octanol–water partition coefficient (Wildman–Crippen LogP) is 3.53. The topological polar surface area (TPSA) is 35.2 Å². The lowest BCUT2D eigenvalue weighted by Gasteiger charge is -2.12. The maximum absolute atomic E-state index is 5.70. The quantitative estimate of drug-likeness (QED) is 0.763. The van der Waals surface area contributed by atoms with E-state index in [-0.39, 0.29) is 6.10 Å². The van der Waals surface area contributed by atoms with E-state index in [2.05, 4.69) is 31.2 Å². The number of allylic oxidation sites excluding steroid dienone is 1. The Morgan fingerprint density at radius 2 is 2.12 bits per heavy atom. The Labute approximate surface area is 104 Å². The molecular formula is C15H23NO. The van der Waals surface area contributed by atoms with Crippen LogP contribution >= 0.6 is 0 Å². The van der Waals surface area contributed by atoms with Gasteiger partial charge in [-0.15, -0.1) is 0 Å². The molecule has 0 heterocycles. The molecule has 0 aliphatic rings.